The first kappa shape index (κ1) is 28.4. The minimum absolute atomic E-state index is 0.208. The van der Waals surface area contributed by atoms with Crippen LogP contribution < -0.4 is 0 Å². The van der Waals surface area contributed by atoms with Crippen LogP contribution in [0.4, 0.5) is 0 Å². The first-order valence-corrected chi connectivity index (χ1v) is 15.9. The van der Waals surface area contributed by atoms with E-state index in [1.807, 2.05) is 19.4 Å². The molecule has 0 amide bonds. The number of carbonyl (C=O) groups is 1. The summed E-state index contributed by atoms with van der Waals surface area (Å²) in [6.07, 6.45) is 19.8. The Morgan fingerprint density at radius 1 is 0.889 bits per heavy atom. The zero-order valence-electron chi connectivity index (χ0n) is 25.9. The molecule has 1 nitrogen and oxygen atoms in total. The van der Waals surface area contributed by atoms with E-state index >= 15 is 0 Å². The summed E-state index contributed by atoms with van der Waals surface area (Å²) in [7, 11) is 0. The molecular weight excluding hydrogens is 436 g/mol. The fraction of sp³-hybridized carbons (Fsp3) is 0.914. The molecule has 206 valence electrons. The second kappa shape index (κ2) is 9.26. The molecule has 0 aliphatic heterocycles. The second-order valence-electron chi connectivity index (χ2n) is 15.9. The highest BCUT2D eigenvalue weighted by molar-refractivity contribution is 5.51. The molecule has 0 radical (unpaired) electrons. The molecule has 5 rings (SSSR count). The van der Waals surface area contributed by atoms with E-state index in [1.165, 1.54) is 76.9 Å². The van der Waals surface area contributed by atoms with Crippen LogP contribution in [0.25, 0.3) is 0 Å². The van der Waals surface area contributed by atoms with Gasteiger partial charge in [-0.2, -0.15) is 0 Å². The molecule has 6 unspecified atom stereocenters. The van der Waals surface area contributed by atoms with Gasteiger partial charge in [-0.05, 0) is 120 Å². The van der Waals surface area contributed by atoms with Crippen molar-refractivity contribution in [2.45, 2.75) is 146 Å². The van der Waals surface area contributed by atoms with Crippen molar-refractivity contribution in [1.82, 2.24) is 0 Å². The van der Waals surface area contributed by atoms with Crippen LogP contribution >= 0.6 is 0 Å². The molecule has 8 atom stereocenters. The highest BCUT2D eigenvalue weighted by Gasteiger charge is 2.67. The Balaban J connectivity index is 0.00000148. The van der Waals surface area contributed by atoms with Crippen molar-refractivity contribution < 1.29 is 4.79 Å². The maximum absolute atomic E-state index is 11.8. The lowest BCUT2D eigenvalue weighted by atomic mass is 9.33. The summed E-state index contributed by atoms with van der Waals surface area (Å²) in [5, 5.41) is 0. The van der Waals surface area contributed by atoms with E-state index in [0.717, 1.165) is 18.3 Å². The summed E-state index contributed by atoms with van der Waals surface area (Å²) in [4.78, 5) is 11.8. The maximum atomic E-state index is 11.8. The second-order valence-corrected chi connectivity index (χ2v) is 15.9. The van der Waals surface area contributed by atoms with Gasteiger partial charge in [-0.15, -0.1) is 0 Å². The number of rotatable bonds is 3. The molecule has 0 N–H and O–H groups in total. The maximum Gasteiger partial charge on any atom is 0.120 e. The van der Waals surface area contributed by atoms with Gasteiger partial charge in [-0.1, -0.05) is 87.3 Å². The molecule has 0 spiro atoms. The van der Waals surface area contributed by atoms with Gasteiger partial charge in [0.25, 0.3) is 0 Å². The van der Waals surface area contributed by atoms with Crippen LogP contribution in [0.1, 0.15) is 146 Å². The third kappa shape index (κ3) is 3.78. The third-order valence-corrected chi connectivity index (χ3v) is 14.2. The van der Waals surface area contributed by atoms with Crippen molar-refractivity contribution in [3.63, 3.8) is 0 Å². The van der Waals surface area contributed by atoms with Crippen molar-refractivity contribution in [3.05, 3.63) is 11.6 Å². The van der Waals surface area contributed by atoms with Crippen molar-refractivity contribution in [3.8, 4) is 0 Å². The van der Waals surface area contributed by atoms with Crippen molar-refractivity contribution in [1.29, 1.82) is 0 Å². The van der Waals surface area contributed by atoms with Crippen LogP contribution in [-0.4, -0.2) is 6.29 Å². The van der Waals surface area contributed by atoms with Crippen molar-refractivity contribution in [2.75, 3.05) is 0 Å². The van der Waals surface area contributed by atoms with Crippen LogP contribution in [0.2, 0.25) is 0 Å². The SMILES string of the molecule is CC.CC(C)[C@]1(CC=O)CCC2(C)CC[C@]3(C)C(=CCC4C5(C)CCCC(C)(C)C5CCC43C)C2C1. The third-order valence-electron chi connectivity index (χ3n) is 14.2. The summed E-state index contributed by atoms with van der Waals surface area (Å²) >= 11 is 0. The topological polar surface area (TPSA) is 17.1 Å². The Hall–Kier alpha value is -0.590. The van der Waals surface area contributed by atoms with Crippen LogP contribution in [0.3, 0.4) is 0 Å². The van der Waals surface area contributed by atoms with Gasteiger partial charge >= 0.3 is 0 Å². The Labute approximate surface area is 225 Å². The quantitative estimate of drug-likeness (QED) is 0.280. The predicted molar refractivity (Wildman–Crippen MR) is 155 cm³/mol. The van der Waals surface area contributed by atoms with E-state index in [1.54, 1.807) is 0 Å². The normalized spacial score (nSPS) is 49.3. The van der Waals surface area contributed by atoms with Gasteiger partial charge < -0.3 is 4.79 Å². The fourth-order valence-electron chi connectivity index (χ4n) is 11.5. The molecule has 0 bridgehead atoms. The van der Waals surface area contributed by atoms with Crippen molar-refractivity contribution in [2.24, 2.45) is 56.2 Å². The van der Waals surface area contributed by atoms with E-state index in [0.29, 0.717) is 38.9 Å². The largest absolute Gasteiger partial charge is 0.303 e. The molecular formula is C35H60O. The molecule has 0 aromatic rings. The monoisotopic (exact) mass is 496 g/mol. The Kier molecular flexibility index (Phi) is 7.31. The van der Waals surface area contributed by atoms with Gasteiger partial charge in [0.15, 0.2) is 0 Å². The zero-order chi connectivity index (χ0) is 26.8. The number of carbonyl (C=O) groups excluding carboxylic acids is 1. The molecule has 36 heavy (non-hydrogen) atoms. The average Bonchev–Trinajstić information content (AvgIpc) is 2.81. The molecule has 1 heteroatoms. The van der Waals surface area contributed by atoms with Gasteiger partial charge in [-0.3, -0.25) is 0 Å². The minimum Gasteiger partial charge on any atom is -0.303 e. The van der Waals surface area contributed by atoms with Gasteiger partial charge in [0, 0.05) is 6.42 Å². The van der Waals surface area contributed by atoms with Crippen LogP contribution in [0.15, 0.2) is 11.6 Å². The van der Waals surface area contributed by atoms with Crippen LogP contribution in [-0.2, 0) is 4.79 Å². The van der Waals surface area contributed by atoms with Gasteiger partial charge in [0.2, 0.25) is 0 Å². The van der Waals surface area contributed by atoms with E-state index in [9.17, 15) is 4.79 Å². The number of aldehydes is 1. The Bertz CT molecular complexity index is 866. The molecule has 5 aliphatic carbocycles. The molecule has 0 aromatic carbocycles. The highest BCUT2D eigenvalue weighted by atomic mass is 16.1. The standard InChI is InChI=1S/C33H54O.C2H6/c1-23(2)33(20-21-34)19-17-29(5)16-18-31(7)24(25(29)22-33)10-11-27-30(6)14-9-13-28(3,4)26(30)12-15-32(27,31)8;1-2/h10,21,23,25-27H,9,11-20,22H2,1-8H3;1-2H3/t25?,26?,27?,29?,30?,31-,32?,33+;/m1./s1. The molecule has 4 fully saturated rings. The van der Waals surface area contributed by atoms with E-state index < -0.39 is 0 Å². The highest BCUT2D eigenvalue weighted by Crippen LogP contribution is 2.76. The smallest absolute Gasteiger partial charge is 0.120 e. The van der Waals surface area contributed by atoms with E-state index in [-0.39, 0.29) is 5.41 Å². The molecule has 0 heterocycles. The van der Waals surface area contributed by atoms with Gasteiger partial charge in [0.1, 0.15) is 6.29 Å². The van der Waals surface area contributed by atoms with Gasteiger partial charge in [-0.25, -0.2) is 0 Å². The molecule has 0 saturated heterocycles. The van der Waals surface area contributed by atoms with Crippen LogP contribution in [0.5, 0.6) is 0 Å². The summed E-state index contributed by atoms with van der Waals surface area (Å²) < 4.78 is 0. The lowest BCUT2D eigenvalue weighted by molar-refractivity contribution is -0.181. The number of fused-ring (bicyclic) bond motifs is 7. The first-order valence-electron chi connectivity index (χ1n) is 15.9. The van der Waals surface area contributed by atoms with Crippen molar-refractivity contribution >= 4 is 6.29 Å². The fourth-order valence-corrected chi connectivity index (χ4v) is 11.5. The van der Waals surface area contributed by atoms with Crippen LogP contribution in [0, 0.1) is 56.2 Å². The summed E-state index contributed by atoms with van der Waals surface area (Å²) in [6.45, 7) is 24.7. The molecule has 5 aliphatic rings. The van der Waals surface area contributed by atoms with E-state index in [2.05, 4.69) is 61.5 Å². The number of hydrogen-bond acceptors (Lipinski definition) is 1. The van der Waals surface area contributed by atoms with E-state index in [4.69, 9.17) is 0 Å². The lowest BCUT2D eigenvalue weighted by Gasteiger charge is -2.71. The molecule has 4 saturated carbocycles. The zero-order valence-corrected chi connectivity index (χ0v) is 25.9. The number of allylic oxidation sites excluding steroid dienone is 2. The predicted octanol–water partition coefficient (Wildman–Crippen LogP) is 10.4. The lowest BCUT2D eigenvalue weighted by Crippen LogP contribution is -2.63. The summed E-state index contributed by atoms with van der Waals surface area (Å²) in [5.41, 5.74) is 4.22. The first-order chi connectivity index (χ1) is 16.8. The average molecular weight is 497 g/mol. The molecule has 0 aromatic heterocycles. The number of hydrogen-bond donors (Lipinski definition) is 0. The minimum atomic E-state index is 0.208. The Morgan fingerprint density at radius 3 is 2.19 bits per heavy atom. The summed E-state index contributed by atoms with van der Waals surface area (Å²) in [6, 6.07) is 0. The Morgan fingerprint density at radius 2 is 1.56 bits per heavy atom. The van der Waals surface area contributed by atoms with Gasteiger partial charge in [0.05, 0.1) is 0 Å². The summed E-state index contributed by atoms with van der Waals surface area (Å²) in [5.74, 6) is 2.97.